The van der Waals surface area contributed by atoms with Gasteiger partial charge in [0.25, 0.3) is 0 Å². The first kappa shape index (κ1) is 19.9. The Morgan fingerprint density at radius 1 is 1.10 bits per heavy atom. The van der Waals surface area contributed by atoms with Crippen molar-refractivity contribution in [2.24, 2.45) is 0 Å². The van der Waals surface area contributed by atoms with Crippen molar-refractivity contribution in [1.82, 2.24) is 15.0 Å². The van der Waals surface area contributed by atoms with Gasteiger partial charge in [-0.2, -0.15) is 0 Å². The lowest BCUT2D eigenvalue weighted by Gasteiger charge is -2.09. The summed E-state index contributed by atoms with van der Waals surface area (Å²) in [6, 6.07) is 14.5. The van der Waals surface area contributed by atoms with Gasteiger partial charge >= 0.3 is 0 Å². The van der Waals surface area contributed by atoms with Gasteiger partial charge in [-0.3, -0.25) is 4.79 Å². The van der Waals surface area contributed by atoms with E-state index >= 15 is 0 Å². The molecule has 0 saturated carbocycles. The number of carbonyl (C=O) groups is 1. The van der Waals surface area contributed by atoms with Gasteiger partial charge < -0.3 is 15.0 Å². The van der Waals surface area contributed by atoms with E-state index in [1.807, 2.05) is 30.3 Å². The minimum absolute atomic E-state index is 0.203. The first-order valence-corrected chi connectivity index (χ1v) is 10.2. The molecule has 4 rings (SSSR count). The number of hydrogen-bond donors (Lipinski definition) is 2. The molecule has 7 heteroatoms. The Balaban J connectivity index is 1.63. The smallest absolute Gasteiger partial charge is 0.196 e. The van der Waals surface area contributed by atoms with Crippen LogP contribution in [0, 0.1) is 0 Å². The molecule has 0 spiro atoms. The highest BCUT2D eigenvalue weighted by Crippen LogP contribution is 2.31. The molecule has 0 amide bonds. The Hall–Kier alpha value is -3.38. The molecule has 4 aromatic rings. The molecule has 0 fully saturated rings. The third kappa shape index (κ3) is 4.14. The van der Waals surface area contributed by atoms with Crippen LogP contribution in [-0.2, 0) is 0 Å². The average Bonchev–Trinajstić information content (AvgIpc) is 3.19. The number of benzene rings is 2. The highest BCUT2D eigenvalue weighted by atomic mass is 35.5. The van der Waals surface area contributed by atoms with Crippen molar-refractivity contribution in [3.63, 3.8) is 0 Å². The molecule has 152 valence electrons. The van der Waals surface area contributed by atoms with E-state index in [0.29, 0.717) is 44.5 Å². The summed E-state index contributed by atoms with van der Waals surface area (Å²) < 4.78 is 5.80. The van der Waals surface area contributed by atoms with Crippen molar-refractivity contribution in [3.8, 4) is 11.5 Å². The SMILES string of the molecule is CCCCNc1ncnc2[nH]cc(C(=O)c3ccc(Oc4ccccc4)cc3Cl)c12. The number of carbonyl (C=O) groups excluding carboxylic acids is 1. The van der Waals surface area contributed by atoms with Crippen LogP contribution in [0.15, 0.2) is 61.1 Å². The van der Waals surface area contributed by atoms with Crippen LogP contribution in [0.2, 0.25) is 5.02 Å². The van der Waals surface area contributed by atoms with Gasteiger partial charge in [-0.1, -0.05) is 43.1 Å². The number of ketones is 1. The van der Waals surface area contributed by atoms with E-state index in [0.717, 1.165) is 19.4 Å². The molecule has 2 heterocycles. The van der Waals surface area contributed by atoms with Crippen molar-refractivity contribution in [1.29, 1.82) is 0 Å². The predicted octanol–water partition coefficient (Wildman–Crippen LogP) is 5.85. The number of ether oxygens (including phenoxy) is 1. The van der Waals surface area contributed by atoms with Crippen LogP contribution in [0.5, 0.6) is 11.5 Å². The van der Waals surface area contributed by atoms with Gasteiger partial charge in [0.2, 0.25) is 0 Å². The second kappa shape index (κ2) is 8.97. The number of unbranched alkanes of at least 4 members (excludes halogenated alkanes) is 1. The largest absolute Gasteiger partial charge is 0.457 e. The summed E-state index contributed by atoms with van der Waals surface area (Å²) in [6.07, 6.45) is 5.20. The summed E-state index contributed by atoms with van der Waals surface area (Å²) in [7, 11) is 0. The third-order valence-electron chi connectivity index (χ3n) is 4.70. The minimum Gasteiger partial charge on any atom is -0.457 e. The lowest BCUT2D eigenvalue weighted by atomic mass is 10.0. The van der Waals surface area contributed by atoms with Gasteiger partial charge in [-0.15, -0.1) is 0 Å². The average molecular weight is 421 g/mol. The zero-order valence-corrected chi connectivity index (χ0v) is 17.2. The molecule has 0 aliphatic carbocycles. The summed E-state index contributed by atoms with van der Waals surface area (Å²) >= 11 is 6.44. The number of para-hydroxylation sites is 1. The highest BCUT2D eigenvalue weighted by molar-refractivity contribution is 6.35. The monoisotopic (exact) mass is 420 g/mol. The van der Waals surface area contributed by atoms with Crippen LogP contribution >= 0.6 is 11.6 Å². The Morgan fingerprint density at radius 2 is 1.93 bits per heavy atom. The second-order valence-corrected chi connectivity index (χ2v) is 7.22. The lowest BCUT2D eigenvalue weighted by molar-refractivity contribution is 0.104. The van der Waals surface area contributed by atoms with Crippen molar-refractivity contribution < 1.29 is 9.53 Å². The lowest BCUT2D eigenvalue weighted by Crippen LogP contribution is -2.06. The normalized spacial score (nSPS) is 10.9. The van der Waals surface area contributed by atoms with Gasteiger partial charge in [0, 0.05) is 24.4 Å². The molecule has 0 atom stereocenters. The second-order valence-electron chi connectivity index (χ2n) is 6.81. The van der Waals surface area contributed by atoms with E-state index in [4.69, 9.17) is 16.3 Å². The highest BCUT2D eigenvalue weighted by Gasteiger charge is 2.20. The summed E-state index contributed by atoms with van der Waals surface area (Å²) in [5.74, 6) is 1.69. The van der Waals surface area contributed by atoms with Gasteiger partial charge in [-0.05, 0) is 30.7 Å². The van der Waals surface area contributed by atoms with Crippen molar-refractivity contribution >= 4 is 34.2 Å². The molecule has 0 radical (unpaired) electrons. The van der Waals surface area contributed by atoms with E-state index in [2.05, 4.69) is 27.2 Å². The maximum absolute atomic E-state index is 13.3. The molecule has 0 bridgehead atoms. The first-order chi connectivity index (χ1) is 14.7. The Kier molecular flexibility index (Phi) is 5.95. The molecule has 0 aliphatic rings. The Bertz CT molecular complexity index is 1170. The van der Waals surface area contributed by atoms with Gasteiger partial charge in [-0.25, -0.2) is 9.97 Å². The number of aromatic amines is 1. The Morgan fingerprint density at radius 3 is 2.70 bits per heavy atom. The number of fused-ring (bicyclic) bond motifs is 1. The number of halogens is 1. The molecular formula is C23H21ClN4O2. The molecule has 6 nitrogen and oxygen atoms in total. The molecule has 0 saturated heterocycles. The first-order valence-electron chi connectivity index (χ1n) is 9.80. The fourth-order valence-electron chi connectivity index (χ4n) is 3.17. The number of anilines is 1. The number of rotatable bonds is 8. The summed E-state index contributed by atoms with van der Waals surface area (Å²) in [6.45, 7) is 2.89. The molecule has 2 N–H and O–H groups in total. The fraction of sp³-hybridized carbons (Fsp3) is 0.174. The number of nitrogens with zero attached hydrogens (tertiary/aromatic N) is 2. The minimum atomic E-state index is -0.203. The predicted molar refractivity (Wildman–Crippen MR) is 119 cm³/mol. The summed E-state index contributed by atoms with van der Waals surface area (Å²) in [4.78, 5) is 24.9. The zero-order chi connectivity index (χ0) is 20.9. The van der Waals surface area contributed by atoms with E-state index < -0.39 is 0 Å². The Labute approximate surface area is 179 Å². The van der Waals surface area contributed by atoms with E-state index in [1.165, 1.54) is 6.33 Å². The third-order valence-corrected chi connectivity index (χ3v) is 5.01. The maximum atomic E-state index is 13.3. The molecule has 30 heavy (non-hydrogen) atoms. The molecular weight excluding hydrogens is 400 g/mol. The van der Waals surface area contributed by atoms with Crippen LogP contribution in [0.4, 0.5) is 5.82 Å². The zero-order valence-electron chi connectivity index (χ0n) is 16.5. The van der Waals surface area contributed by atoms with E-state index in [-0.39, 0.29) is 5.78 Å². The number of nitrogens with one attached hydrogen (secondary N) is 2. The van der Waals surface area contributed by atoms with Gasteiger partial charge in [0.05, 0.1) is 16.0 Å². The van der Waals surface area contributed by atoms with Crippen LogP contribution in [0.3, 0.4) is 0 Å². The van der Waals surface area contributed by atoms with Crippen molar-refractivity contribution in [2.45, 2.75) is 19.8 Å². The molecule has 2 aromatic heterocycles. The van der Waals surface area contributed by atoms with Crippen LogP contribution in [0.25, 0.3) is 11.0 Å². The maximum Gasteiger partial charge on any atom is 0.196 e. The molecule has 0 unspecified atom stereocenters. The fourth-order valence-corrected chi connectivity index (χ4v) is 3.43. The summed E-state index contributed by atoms with van der Waals surface area (Å²) in [5, 5.41) is 4.28. The van der Waals surface area contributed by atoms with E-state index in [1.54, 1.807) is 24.4 Å². The quantitative estimate of drug-likeness (QED) is 0.276. The number of hydrogen-bond acceptors (Lipinski definition) is 5. The van der Waals surface area contributed by atoms with Crippen molar-refractivity contribution in [3.05, 3.63) is 77.2 Å². The van der Waals surface area contributed by atoms with Gasteiger partial charge in [0.15, 0.2) is 5.78 Å². The van der Waals surface area contributed by atoms with Crippen LogP contribution in [-0.4, -0.2) is 27.3 Å². The van der Waals surface area contributed by atoms with Crippen molar-refractivity contribution in [2.75, 3.05) is 11.9 Å². The molecule has 0 aliphatic heterocycles. The summed E-state index contributed by atoms with van der Waals surface area (Å²) in [5.41, 5.74) is 1.47. The van der Waals surface area contributed by atoms with E-state index in [9.17, 15) is 4.79 Å². The van der Waals surface area contributed by atoms with Crippen LogP contribution < -0.4 is 10.1 Å². The van der Waals surface area contributed by atoms with Crippen LogP contribution in [0.1, 0.15) is 35.7 Å². The molecule has 2 aromatic carbocycles. The standard InChI is InChI=1S/C23H21ClN4O2/c1-2-3-11-25-22-20-18(13-26-23(20)28-14-27-22)21(29)17-10-9-16(12-19(17)24)30-15-7-5-4-6-8-15/h4-10,12-14H,2-3,11H2,1H3,(H2,25,26,27,28). The topological polar surface area (TPSA) is 79.9 Å². The number of H-pyrrole nitrogens is 1. The van der Waals surface area contributed by atoms with Gasteiger partial charge in [0.1, 0.15) is 29.3 Å². The number of aromatic nitrogens is 3.